The van der Waals surface area contributed by atoms with E-state index >= 15 is 0 Å². The molecule has 2 aliphatic heterocycles. The molecule has 29 heavy (non-hydrogen) atoms. The van der Waals surface area contributed by atoms with E-state index < -0.39 is 0 Å². The number of para-hydroxylation sites is 1. The van der Waals surface area contributed by atoms with Crippen LogP contribution in [0.25, 0.3) is 20.8 Å². The minimum Gasteiger partial charge on any atom is -0.504 e. The maximum Gasteiger partial charge on any atom is 0.226 e. The number of nitrogens with zero attached hydrogens (tertiary/aromatic N) is 2. The van der Waals surface area contributed by atoms with E-state index in [9.17, 15) is 9.90 Å². The molecule has 1 saturated heterocycles. The highest BCUT2D eigenvalue weighted by Crippen LogP contribution is 2.40. The zero-order chi connectivity index (χ0) is 19.8. The lowest BCUT2D eigenvalue weighted by atomic mass is 9.98. The van der Waals surface area contributed by atoms with Crippen LogP contribution in [0.4, 0.5) is 0 Å². The molecule has 0 unspecified atom stereocenters. The number of carbonyl (C=O) groups is 1. The third kappa shape index (κ3) is 3.56. The summed E-state index contributed by atoms with van der Waals surface area (Å²) in [4.78, 5) is 19.6. The van der Waals surface area contributed by atoms with E-state index in [1.807, 2.05) is 35.2 Å². The second kappa shape index (κ2) is 7.65. The molecule has 1 amide bonds. The van der Waals surface area contributed by atoms with Crippen LogP contribution in [0.1, 0.15) is 18.4 Å². The van der Waals surface area contributed by atoms with Crippen molar-refractivity contribution in [2.75, 3.05) is 26.4 Å². The normalized spacial score (nSPS) is 17.6. The highest BCUT2D eigenvalue weighted by molar-refractivity contribution is 7.21. The molecular weight excluding hydrogens is 388 g/mol. The SMILES string of the molecule is O=C(C1CCOCC1)N1CCOc2c(O)cc(-c3nc4ccccc4s3)cc2C1. The lowest BCUT2D eigenvalue weighted by molar-refractivity contribution is -0.139. The highest BCUT2D eigenvalue weighted by atomic mass is 32.1. The van der Waals surface area contributed by atoms with Crippen LogP contribution in [0.5, 0.6) is 11.5 Å². The van der Waals surface area contributed by atoms with E-state index in [2.05, 4.69) is 0 Å². The number of aromatic nitrogens is 1. The molecule has 2 aromatic carbocycles. The fourth-order valence-electron chi connectivity index (χ4n) is 4.01. The Morgan fingerprint density at radius 2 is 2.00 bits per heavy atom. The van der Waals surface area contributed by atoms with Crippen LogP contribution < -0.4 is 4.74 Å². The Morgan fingerprint density at radius 3 is 2.83 bits per heavy atom. The number of hydrogen-bond acceptors (Lipinski definition) is 6. The first-order valence-electron chi connectivity index (χ1n) is 9.90. The topological polar surface area (TPSA) is 71.9 Å². The van der Waals surface area contributed by atoms with Gasteiger partial charge in [-0.05, 0) is 37.1 Å². The van der Waals surface area contributed by atoms with Gasteiger partial charge >= 0.3 is 0 Å². The number of rotatable bonds is 2. The van der Waals surface area contributed by atoms with E-state index in [0.29, 0.717) is 38.7 Å². The van der Waals surface area contributed by atoms with Gasteiger partial charge in [0, 0.05) is 36.8 Å². The molecule has 1 aromatic heterocycles. The monoisotopic (exact) mass is 410 g/mol. The van der Waals surface area contributed by atoms with E-state index in [-0.39, 0.29) is 17.6 Å². The molecule has 0 atom stereocenters. The largest absolute Gasteiger partial charge is 0.504 e. The maximum atomic E-state index is 13.0. The van der Waals surface area contributed by atoms with Crippen molar-refractivity contribution in [1.29, 1.82) is 0 Å². The van der Waals surface area contributed by atoms with Gasteiger partial charge in [0.05, 0.1) is 16.8 Å². The van der Waals surface area contributed by atoms with Crippen LogP contribution in [-0.4, -0.2) is 47.3 Å². The summed E-state index contributed by atoms with van der Waals surface area (Å²) in [6.07, 6.45) is 1.53. The van der Waals surface area contributed by atoms with Crippen molar-refractivity contribution in [3.63, 3.8) is 0 Å². The zero-order valence-corrected chi connectivity index (χ0v) is 16.8. The maximum absolute atomic E-state index is 13.0. The number of carbonyl (C=O) groups excluding carboxylic acids is 1. The predicted molar refractivity (Wildman–Crippen MR) is 111 cm³/mol. The predicted octanol–water partition coefficient (Wildman–Crippen LogP) is 3.82. The van der Waals surface area contributed by atoms with Gasteiger partial charge in [-0.1, -0.05) is 12.1 Å². The number of hydrogen-bond donors (Lipinski definition) is 1. The summed E-state index contributed by atoms with van der Waals surface area (Å²) in [5, 5.41) is 11.4. The molecule has 5 rings (SSSR count). The molecule has 6 nitrogen and oxygen atoms in total. The molecule has 0 spiro atoms. The number of fused-ring (bicyclic) bond motifs is 2. The van der Waals surface area contributed by atoms with Crippen molar-refractivity contribution in [3.05, 3.63) is 42.0 Å². The van der Waals surface area contributed by atoms with Crippen LogP contribution >= 0.6 is 11.3 Å². The summed E-state index contributed by atoms with van der Waals surface area (Å²) in [5.74, 6) is 0.718. The molecule has 0 aliphatic carbocycles. The van der Waals surface area contributed by atoms with E-state index in [1.54, 1.807) is 17.4 Å². The number of phenols is 1. The van der Waals surface area contributed by atoms with Gasteiger partial charge in [-0.15, -0.1) is 11.3 Å². The smallest absolute Gasteiger partial charge is 0.226 e. The van der Waals surface area contributed by atoms with E-state index in [1.165, 1.54) is 0 Å². The average Bonchev–Trinajstić information content (AvgIpc) is 3.07. The number of thiazole rings is 1. The lowest BCUT2D eigenvalue weighted by Gasteiger charge is -2.28. The van der Waals surface area contributed by atoms with Gasteiger partial charge in [-0.3, -0.25) is 4.79 Å². The van der Waals surface area contributed by atoms with Crippen LogP contribution in [0.3, 0.4) is 0 Å². The fourth-order valence-corrected chi connectivity index (χ4v) is 4.96. The summed E-state index contributed by atoms with van der Waals surface area (Å²) in [6, 6.07) is 11.7. The number of ether oxygens (including phenoxy) is 2. The van der Waals surface area contributed by atoms with Gasteiger partial charge in [-0.25, -0.2) is 4.98 Å². The Balaban J connectivity index is 1.47. The van der Waals surface area contributed by atoms with Crippen molar-refractivity contribution in [2.24, 2.45) is 5.92 Å². The van der Waals surface area contributed by atoms with E-state index in [4.69, 9.17) is 14.5 Å². The van der Waals surface area contributed by atoms with Crippen LogP contribution in [0.2, 0.25) is 0 Å². The minimum atomic E-state index is 0.00587. The first-order chi connectivity index (χ1) is 14.2. The molecule has 3 aromatic rings. The van der Waals surface area contributed by atoms with Crippen molar-refractivity contribution < 1.29 is 19.4 Å². The zero-order valence-electron chi connectivity index (χ0n) is 16.0. The molecule has 2 aliphatic rings. The van der Waals surface area contributed by atoms with Crippen molar-refractivity contribution in [2.45, 2.75) is 19.4 Å². The number of aromatic hydroxyl groups is 1. The third-order valence-electron chi connectivity index (χ3n) is 5.54. The third-order valence-corrected chi connectivity index (χ3v) is 6.62. The molecule has 1 fully saturated rings. The fraction of sp³-hybridized carbons (Fsp3) is 0.364. The number of amides is 1. The van der Waals surface area contributed by atoms with Gasteiger partial charge in [0.25, 0.3) is 0 Å². The minimum absolute atomic E-state index is 0.00587. The van der Waals surface area contributed by atoms with Gasteiger partial charge in [0.1, 0.15) is 11.6 Å². The van der Waals surface area contributed by atoms with Gasteiger partial charge in [0.2, 0.25) is 5.91 Å². The molecule has 0 radical (unpaired) electrons. The second-order valence-corrected chi connectivity index (χ2v) is 8.50. The van der Waals surface area contributed by atoms with E-state index in [0.717, 1.165) is 39.2 Å². The Labute approximate surface area is 172 Å². The van der Waals surface area contributed by atoms with Crippen molar-refractivity contribution >= 4 is 27.5 Å². The summed E-state index contributed by atoms with van der Waals surface area (Å²) in [6.45, 7) is 2.59. The Morgan fingerprint density at radius 1 is 1.17 bits per heavy atom. The number of phenolic OH excluding ortho intramolecular Hbond substituents is 1. The van der Waals surface area contributed by atoms with Gasteiger partial charge < -0.3 is 19.5 Å². The first kappa shape index (κ1) is 18.4. The second-order valence-electron chi connectivity index (χ2n) is 7.47. The summed E-state index contributed by atoms with van der Waals surface area (Å²) < 4.78 is 12.3. The molecule has 1 N–H and O–H groups in total. The molecule has 7 heteroatoms. The highest BCUT2D eigenvalue weighted by Gasteiger charge is 2.29. The summed E-state index contributed by atoms with van der Waals surface area (Å²) in [7, 11) is 0. The van der Waals surface area contributed by atoms with Crippen molar-refractivity contribution in [3.8, 4) is 22.1 Å². The van der Waals surface area contributed by atoms with Gasteiger partial charge in [-0.2, -0.15) is 0 Å². The summed E-state index contributed by atoms with van der Waals surface area (Å²) >= 11 is 1.59. The molecular formula is C22H22N2O4S. The van der Waals surface area contributed by atoms with Crippen LogP contribution in [0, 0.1) is 5.92 Å². The summed E-state index contributed by atoms with van der Waals surface area (Å²) in [5.41, 5.74) is 2.60. The Kier molecular flexibility index (Phi) is 4.85. The Hall–Kier alpha value is -2.64. The van der Waals surface area contributed by atoms with Crippen LogP contribution in [0.15, 0.2) is 36.4 Å². The Bertz CT molecular complexity index is 1030. The quantitative estimate of drug-likeness (QED) is 0.695. The van der Waals surface area contributed by atoms with Crippen LogP contribution in [-0.2, 0) is 16.1 Å². The molecule has 0 saturated carbocycles. The lowest BCUT2D eigenvalue weighted by Crippen LogP contribution is -2.39. The number of benzene rings is 2. The average molecular weight is 410 g/mol. The molecule has 150 valence electrons. The molecule has 3 heterocycles. The molecule has 0 bridgehead atoms. The van der Waals surface area contributed by atoms with Gasteiger partial charge in [0.15, 0.2) is 11.5 Å². The standard InChI is InChI=1S/C22H22N2O4S/c25-18-12-15(21-23-17-3-1-2-4-19(17)29-21)11-16-13-24(7-10-28-20(16)18)22(26)14-5-8-27-9-6-14/h1-4,11-12,14,25H,5-10,13H2. The van der Waals surface area contributed by atoms with Crippen molar-refractivity contribution in [1.82, 2.24) is 9.88 Å². The first-order valence-corrected chi connectivity index (χ1v) is 10.7.